The summed E-state index contributed by atoms with van der Waals surface area (Å²) in [5, 5.41) is 1.33. The fourth-order valence-corrected chi connectivity index (χ4v) is 6.04. The lowest BCUT2D eigenvalue weighted by Crippen LogP contribution is -2.35. The van der Waals surface area contributed by atoms with Crippen molar-refractivity contribution in [3.05, 3.63) is 73.9 Å². The van der Waals surface area contributed by atoms with Crippen LogP contribution in [0.2, 0.25) is 5.02 Å². The van der Waals surface area contributed by atoms with Crippen molar-refractivity contribution in [2.24, 2.45) is 0 Å². The Morgan fingerprint density at radius 2 is 2.18 bits per heavy atom. The minimum Gasteiger partial charge on any atom is -0.376 e. The molecule has 2 saturated heterocycles. The Balaban J connectivity index is 1.50. The third kappa shape index (κ3) is 4.64. The summed E-state index contributed by atoms with van der Waals surface area (Å²) < 4.78 is 23.5. The number of carbonyl (C=O) groups is 1. The topological polar surface area (TPSA) is 34.5 Å². The highest BCUT2D eigenvalue weighted by atomic mass is 79.9. The molecule has 4 nitrogen and oxygen atoms in total. The lowest BCUT2D eigenvalue weighted by Gasteiger charge is -2.18. The molecule has 2 fully saturated rings. The number of thioether (sulfide) groups is 1. The first kappa shape index (κ1) is 23.1. The molecule has 1 aromatic heterocycles. The van der Waals surface area contributed by atoms with Crippen LogP contribution in [0, 0.1) is 5.82 Å². The van der Waals surface area contributed by atoms with Gasteiger partial charge in [-0.25, -0.2) is 4.39 Å². The molecule has 0 radical (unpaired) electrons. The maximum absolute atomic E-state index is 14.4. The summed E-state index contributed by atoms with van der Waals surface area (Å²) in [5.41, 5.74) is 2.20. The molecule has 0 aliphatic carbocycles. The van der Waals surface area contributed by atoms with Gasteiger partial charge in [0.25, 0.3) is 5.91 Å². The number of halogens is 3. The summed E-state index contributed by atoms with van der Waals surface area (Å²) in [5.74, 6) is -0.452. The number of rotatable bonds is 5. The standard InChI is InChI=1S/C24H19BrClFN2O2S2/c25-15-6-7-21-17(10-15)14(11-28(21)13-18-19(26)4-1-5-20(18)27)9-22-23(30)29(24(32)33-22)12-16-3-2-8-31-16/h1,4-7,9-11,16H,2-3,8,12-13H2/b22-9-/t16-/m0/s1. The van der Waals surface area contributed by atoms with Crippen molar-refractivity contribution in [3.8, 4) is 0 Å². The van der Waals surface area contributed by atoms with Crippen molar-refractivity contribution in [1.29, 1.82) is 0 Å². The van der Waals surface area contributed by atoms with Crippen LogP contribution in [0.1, 0.15) is 24.0 Å². The number of hydrogen-bond acceptors (Lipinski definition) is 4. The van der Waals surface area contributed by atoms with Gasteiger partial charge < -0.3 is 9.30 Å². The summed E-state index contributed by atoms with van der Waals surface area (Å²) in [6.45, 7) is 1.49. The molecule has 2 aliphatic heterocycles. The Labute approximate surface area is 213 Å². The molecule has 170 valence electrons. The molecule has 2 aliphatic rings. The first-order valence-corrected chi connectivity index (χ1v) is 12.9. The van der Waals surface area contributed by atoms with E-state index < -0.39 is 0 Å². The zero-order chi connectivity index (χ0) is 23.1. The lowest BCUT2D eigenvalue weighted by molar-refractivity contribution is -0.123. The van der Waals surface area contributed by atoms with Crippen LogP contribution in [0.15, 0.2) is 52.0 Å². The summed E-state index contributed by atoms with van der Waals surface area (Å²) in [4.78, 5) is 15.3. The first-order valence-electron chi connectivity index (χ1n) is 10.5. The number of thiocarbonyl (C=S) groups is 1. The number of hydrogen-bond donors (Lipinski definition) is 0. The fraction of sp³-hybridized carbons (Fsp3) is 0.250. The minimum atomic E-state index is -0.349. The number of benzene rings is 2. The van der Waals surface area contributed by atoms with Crippen molar-refractivity contribution in [2.45, 2.75) is 25.5 Å². The van der Waals surface area contributed by atoms with E-state index in [1.54, 1.807) is 17.0 Å². The summed E-state index contributed by atoms with van der Waals surface area (Å²) in [6.07, 6.45) is 5.77. The maximum atomic E-state index is 14.4. The molecule has 33 heavy (non-hydrogen) atoms. The summed E-state index contributed by atoms with van der Waals surface area (Å²) in [7, 11) is 0. The summed E-state index contributed by atoms with van der Waals surface area (Å²) >= 11 is 16.6. The zero-order valence-electron chi connectivity index (χ0n) is 17.4. The number of ether oxygens (including phenoxy) is 1. The normalized spacial score (nSPS) is 20.0. The molecule has 2 aromatic carbocycles. The largest absolute Gasteiger partial charge is 0.376 e. The lowest BCUT2D eigenvalue weighted by atomic mass is 10.1. The second-order valence-corrected chi connectivity index (χ2v) is 11.0. The highest BCUT2D eigenvalue weighted by Gasteiger charge is 2.34. The van der Waals surface area contributed by atoms with E-state index in [-0.39, 0.29) is 24.4 Å². The van der Waals surface area contributed by atoms with Crippen LogP contribution in [0.4, 0.5) is 4.39 Å². The molecule has 0 bridgehead atoms. The van der Waals surface area contributed by atoms with Crippen LogP contribution in [0.25, 0.3) is 17.0 Å². The average Bonchev–Trinajstić information content (AvgIpc) is 3.47. The first-order chi connectivity index (χ1) is 15.9. The van der Waals surface area contributed by atoms with E-state index in [2.05, 4.69) is 15.9 Å². The van der Waals surface area contributed by atoms with Gasteiger partial charge in [-0.05, 0) is 49.2 Å². The fourth-order valence-electron chi connectivity index (χ4n) is 4.19. The van der Waals surface area contributed by atoms with E-state index in [9.17, 15) is 9.18 Å². The van der Waals surface area contributed by atoms with E-state index in [0.29, 0.717) is 26.4 Å². The SMILES string of the molecule is O=C1/C(=C/c2cn(Cc3c(F)cccc3Cl)c3ccc(Br)cc23)SC(=S)N1C[C@@H]1CCCO1. The molecule has 0 saturated carbocycles. The number of aromatic nitrogens is 1. The van der Waals surface area contributed by atoms with Crippen molar-refractivity contribution in [2.75, 3.05) is 13.2 Å². The van der Waals surface area contributed by atoms with Crippen LogP contribution >= 0.6 is 51.5 Å². The molecule has 9 heteroatoms. The molecule has 0 spiro atoms. The highest BCUT2D eigenvalue weighted by Crippen LogP contribution is 2.36. The molecule has 5 rings (SSSR count). The quantitative estimate of drug-likeness (QED) is 0.257. The number of nitrogens with zero attached hydrogens (tertiary/aromatic N) is 2. The molecule has 1 amide bonds. The van der Waals surface area contributed by atoms with Gasteiger partial charge in [-0.15, -0.1) is 0 Å². The number of amides is 1. The van der Waals surface area contributed by atoms with Crippen molar-refractivity contribution < 1.29 is 13.9 Å². The Morgan fingerprint density at radius 1 is 1.33 bits per heavy atom. The van der Waals surface area contributed by atoms with E-state index in [4.69, 9.17) is 28.6 Å². The van der Waals surface area contributed by atoms with Crippen LogP contribution in [0.3, 0.4) is 0 Å². The third-order valence-electron chi connectivity index (χ3n) is 5.83. The molecular weight excluding hydrogens is 547 g/mol. The molecule has 1 atom stereocenters. The van der Waals surface area contributed by atoms with Gasteiger partial charge in [0.1, 0.15) is 10.1 Å². The van der Waals surface area contributed by atoms with Gasteiger partial charge in [0.15, 0.2) is 0 Å². The second-order valence-electron chi connectivity index (χ2n) is 8.00. The van der Waals surface area contributed by atoms with Crippen LogP contribution in [-0.2, 0) is 16.1 Å². The molecule has 3 aromatic rings. The summed E-state index contributed by atoms with van der Waals surface area (Å²) in [6, 6.07) is 10.6. The van der Waals surface area contributed by atoms with Crippen molar-refractivity contribution >= 4 is 78.7 Å². The van der Waals surface area contributed by atoms with Crippen LogP contribution in [0.5, 0.6) is 0 Å². The Hall–Kier alpha value is -1.71. The average molecular weight is 566 g/mol. The van der Waals surface area contributed by atoms with Gasteiger partial charge in [0.2, 0.25) is 0 Å². The number of fused-ring (bicyclic) bond motifs is 1. The number of carbonyl (C=O) groups excluding carboxylic acids is 1. The van der Waals surface area contributed by atoms with E-state index in [1.807, 2.05) is 35.0 Å². The molecule has 0 unspecified atom stereocenters. The highest BCUT2D eigenvalue weighted by molar-refractivity contribution is 9.10. The molecule has 3 heterocycles. The zero-order valence-corrected chi connectivity index (χ0v) is 21.4. The third-order valence-corrected chi connectivity index (χ3v) is 8.06. The monoisotopic (exact) mass is 564 g/mol. The molecular formula is C24H19BrClFN2O2S2. The predicted octanol–water partition coefficient (Wildman–Crippen LogP) is 6.62. The van der Waals surface area contributed by atoms with Crippen LogP contribution in [-0.4, -0.2) is 39.0 Å². The van der Waals surface area contributed by atoms with Gasteiger partial charge in [-0.1, -0.05) is 57.6 Å². The smallest absolute Gasteiger partial charge is 0.266 e. The van der Waals surface area contributed by atoms with Gasteiger partial charge >= 0.3 is 0 Å². The van der Waals surface area contributed by atoms with Crippen molar-refractivity contribution in [1.82, 2.24) is 9.47 Å². The van der Waals surface area contributed by atoms with Gasteiger partial charge in [0, 0.05) is 44.3 Å². The minimum absolute atomic E-state index is 0.0373. The molecule has 0 N–H and O–H groups in total. The Morgan fingerprint density at radius 3 is 2.94 bits per heavy atom. The predicted molar refractivity (Wildman–Crippen MR) is 139 cm³/mol. The van der Waals surface area contributed by atoms with E-state index in [0.717, 1.165) is 40.4 Å². The van der Waals surface area contributed by atoms with Gasteiger partial charge in [-0.3, -0.25) is 9.69 Å². The van der Waals surface area contributed by atoms with Crippen LogP contribution < -0.4 is 0 Å². The van der Waals surface area contributed by atoms with Gasteiger partial charge in [-0.2, -0.15) is 0 Å². The second kappa shape index (κ2) is 9.50. The van der Waals surface area contributed by atoms with Gasteiger partial charge in [0.05, 0.1) is 24.1 Å². The van der Waals surface area contributed by atoms with E-state index in [1.165, 1.54) is 17.8 Å². The maximum Gasteiger partial charge on any atom is 0.266 e. The Kier molecular flexibility index (Phi) is 6.64. The van der Waals surface area contributed by atoms with E-state index >= 15 is 0 Å². The van der Waals surface area contributed by atoms with Crippen molar-refractivity contribution in [3.63, 3.8) is 0 Å². The Bertz CT molecular complexity index is 1280.